The topological polar surface area (TPSA) is 44.8 Å². The predicted molar refractivity (Wildman–Crippen MR) is 96.7 cm³/mol. The third-order valence-electron chi connectivity index (χ3n) is 5.11. The molecule has 2 fully saturated rings. The fraction of sp³-hybridized carbons (Fsp3) is 0.632. The molecule has 1 aliphatic carbocycles. The lowest BCUT2D eigenvalue weighted by molar-refractivity contribution is -0.122. The summed E-state index contributed by atoms with van der Waals surface area (Å²) in [6.45, 7) is 4.46. The van der Waals surface area contributed by atoms with Gasteiger partial charge in [-0.2, -0.15) is 0 Å². The minimum Gasteiger partial charge on any atom is -0.497 e. The molecule has 0 unspecified atom stereocenters. The third-order valence-corrected chi connectivity index (χ3v) is 5.11. The maximum atomic E-state index is 12.2. The Morgan fingerprint density at radius 2 is 1.83 bits per heavy atom. The van der Waals surface area contributed by atoms with Crippen LogP contribution in [-0.4, -0.2) is 56.7 Å². The monoisotopic (exact) mass is 331 g/mol. The lowest BCUT2D eigenvalue weighted by Crippen LogP contribution is -2.42. The maximum absolute atomic E-state index is 12.2. The summed E-state index contributed by atoms with van der Waals surface area (Å²) in [7, 11) is 1.69. The van der Waals surface area contributed by atoms with Crippen LogP contribution in [0.2, 0.25) is 0 Å². The molecule has 1 amide bonds. The number of ether oxygens (including phenoxy) is 1. The molecule has 1 N–H and O–H groups in total. The molecule has 5 heteroatoms. The average Bonchev–Trinajstić information content (AvgIpc) is 2.99. The van der Waals surface area contributed by atoms with Gasteiger partial charge in [0.2, 0.25) is 5.91 Å². The maximum Gasteiger partial charge on any atom is 0.234 e. The highest BCUT2D eigenvalue weighted by atomic mass is 16.5. The molecule has 0 aromatic heterocycles. The van der Waals surface area contributed by atoms with Gasteiger partial charge in [-0.1, -0.05) is 12.8 Å². The number of anilines is 1. The summed E-state index contributed by atoms with van der Waals surface area (Å²) in [6, 6.07) is 8.66. The van der Waals surface area contributed by atoms with Gasteiger partial charge in [0.1, 0.15) is 5.75 Å². The Labute approximate surface area is 145 Å². The highest BCUT2D eigenvalue weighted by molar-refractivity contribution is 5.78. The molecule has 5 nitrogen and oxygen atoms in total. The van der Waals surface area contributed by atoms with E-state index in [1.165, 1.54) is 18.5 Å². The van der Waals surface area contributed by atoms with Gasteiger partial charge in [0.05, 0.1) is 13.7 Å². The molecule has 2 aliphatic rings. The van der Waals surface area contributed by atoms with Gasteiger partial charge in [-0.15, -0.1) is 0 Å². The minimum absolute atomic E-state index is 0.194. The highest BCUT2D eigenvalue weighted by Crippen LogP contribution is 2.21. The number of hydrogen-bond acceptors (Lipinski definition) is 4. The zero-order valence-corrected chi connectivity index (χ0v) is 14.7. The van der Waals surface area contributed by atoms with Crippen molar-refractivity contribution in [2.75, 3.05) is 44.7 Å². The molecule has 1 saturated carbocycles. The van der Waals surface area contributed by atoms with E-state index in [1.807, 2.05) is 12.1 Å². The second kappa shape index (κ2) is 8.38. The summed E-state index contributed by atoms with van der Waals surface area (Å²) in [4.78, 5) is 16.9. The predicted octanol–water partition coefficient (Wildman–Crippen LogP) is 2.27. The van der Waals surface area contributed by atoms with Crippen molar-refractivity contribution in [3.63, 3.8) is 0 Å². The van der Waals surface area contributed by atoms with E-state index in [1.54, 1.807) is 7.11 Å². The first-order chi connectivity index (χ1) is 11.7. The summed E-state index contributed by atoms with van der Waals surface area (Å²) >= 11 is 0. The molecule has 1 aliphatic heterocycles. The fourth-order valence-electron chi connectivity index (χ4n) is 3.73. The molecule has 24 heavy (non-hydrogen) atoms. The van der Waals surface area contributed by atoms with Crippen LogP contribution in [0.1, 0.15) is 32.1 Å². The summed E-state index contributed by atoms with van der Waals surface area (Å²) in [5.74, 6) is 1.08. The van der Waals surface area contributed by atoms with Crippen molar-refractivity contribution in [1.82, 2.24) is 10.2 Å². The molecule has 1 heterocycles. The fourth-order valence-corrected chi connectivity index (χ4v) is 3.73. The lowest BCUT2D eigenvalue weighted by atomic mass is 10.2. The Kier molecular flexibility index (Phi) is 5.96. The van der Waals surface area contributed by atoms with Gasteiger partial charge in [0.25, 0.3) is 0 Å². The van der Waals surface area contributed by atoms with Crippen LogP contribution >= 0.6 is 0 Å². The molecule has 1 saturated heterocycles. The lowest BCUT2D eigenvalue weighted by Gasteiger charge is -2.24. The molecule has 0 atom stereocenters. The zero-order valence-electron chi connectivity index (χ0n) is 14.7. The second-order valence-corrected chi connectivity index (χ2v) is 6.86. The van der Waals surface area contributed by atoms with E-state index in [0.717, 1.165) is 51.2 Å². The summed E-state index contributed by atoms with van der Waals surface area (Å²) in [5, 5.41) is 3.19. The molecule has 0 radical (unpaired) electrons. The van der Waals surface area contributed by atoms with Crippen molar-refractivity contribution in [2.45, 2.75) is 38.1 Å². The normalized spacial score (nSPS) is 20.0. The third kappa shape index (κ3) is 4.63. The van der Waals surface area contributed by atoms with Gasteiger partial charge in [-0.25, -0.2) is 0 Å². The highest BCUT2D eigenvalue weighted by Gasteiger charge is 2.20. The van der Waals surface area contributed by atoms with E-state index in [9.17, 15) is 4.79 Å². The molecular weight excluding hydrogens is 302 g/mol. The Bertz CT molecular complexity index is 526. The number of carbonyl (C=O) groups is 1. The number of amides is 1. The van der Waals surface area contributed by atoms with Crippen LogP contribution in [0.15, 0.2) is 24.3 Å². The van der Waals surface area contributed by atoms with Gasteiger partial charge in [-0.3, -0.25) is 9.69 Å². The van der Waals surface area contributed by atoms with Crippen LogP contribution in [-0.2, 0) is 4.79 Å². The Morgan fingerprint density at radius 1 is 1.08 bits per heavy atom. The summed E-state index contributed by atoms with van der Waals surface area (Å²) in [5.41, 5.74) is 1.23. The number of carbonyl (C=O) groups excluding carboxylic acids is 1. The first-order valence-corrected chi connectivity index (χ1v) is 9.15. The van der Waals surface area contributed by atoms with Crippen molar-refractivity contribution in [3.8, 4) is 5.75 Å². The zero-order chi connectivity index (χ0) is 16.8. The first-order valence-electron chi connectivity index (χ1n) is 9.15. The largest absolute Gasteiger partial charge is 0.497 e. The summed E-state index contributed by atoms with van der Waals surface area (Å²) in [6.07, 6.45) is 5.90. The molecule has 1 aromatic rings. The minimum atomic E-state index is 0.194. The number of hydrogen-bond donors (Lipinski definition) is 1. The first kappa shape index (κ1) is 17.1. The molecular formula is C19H29N3O2. The summed E-state index contributed by atoms with van der Waals surface area (Å²) < 4.78 is 5.23. The van der Waals surface area contributed by atoms with Crippen LogP contribution in [0.4, 0.5) is 5.69 Å². The number of nitrogens with zero attached hydrogens (tertiary/aromatic N) is 2. The van der Waals surface area contributed by atoms with Crippen LogP contribution in [0.3, 0.4) is 0 Å². The van der Waals surface area contributed by atoms with Crippen molar-refractivity contribution in [2.24, 2.45) is 0 Å². The van der Waals surface area contributed by atoms with E-state index < -0.39 is 0 Å². The van der Waals surface area contributed by atoms with Gasteiger partial charge in [-0.05, 0) is 43.5 Å². The van der Waals surface area contributed by atoms with Crippen LogP contribution in [0.5, 0.6) is 5.75 Å². The van der Waals surface area contributed by atoms with Gasteiger partial charge in [0, 0.05) is 37.9 Å². The van der Waals surface area contributed by atoms with Gasteiger partial charge < -0.3 is 15.0 Å². The van der Waals surface area contributed by atoms with Crippen LogP contribution < -0.4 is 15.0 Å². The Hall–Kier alpha value is -1.75. The van der Waals surface area contributed by atoms with Crippen molar-refractivity contribution < 1.29 is 9.53 Å². The molecule has 0 spiro atoms. The van der Waals surface area contributed by atoms with E-state index in [2.05, 4.69) is 27.2 Å². The molecule has 132 valence electrons. The number of benzene rings is 1. The van der Waals surface area contributed by atoms with Crippen molar-refractivity contribution in [3.05, 3.63) is 24.3 Å². The van der Waals surface area contributed by atoms with E-state index in [-0.39, 0.29) is 5.91 Å². The van der Waals surface area contributed by atoms with Crippen molar-refractivity contribution >= 4 is 11.6 Å². The second-order valence-electron chi connectivity index (χ2n) is 6.86. The smallest absolute Gasteiger partial charge is 0.234 e. The van der Waals surface area contributed by atoms with Crippen molar-refractivity contribution in [1.29, 1.82) is 0 Å². The number of nitrogens with one attached hydrogen (secondary N) is 1. The Balaban J connectivity index is 1.48. The van der Waals surface area contributed by atoms with Crippen LogP contribution in [0.25, 0.3) is 0 Å². The van der Waals surface area contributed by atoms with E-state index in [0.29, 0.717) is 12.6 Å². The number of rotatable bonds is 5. The molecule has 1 aromatic carbocycles. The van der Waals surface area contributed by atoms with Gasteiger partial charge in [0.15, 0.2) is 0 Å². The Morgan fingerprint density at radius 3 is 2.54 bits per heavy atom. The van der Waals surface area contributed by atoms with E-state index in [4.69, 9.17) is 4.74 Å². The molecule has 0 bridgehead atoms. The SMILES string of the molecule is COc1ccc(N2CCCN(CC(=O)NC3CCCC3)CC2)cc1. The average molecular weight is 331 g/mol. The molecule has 3 rings (SSSR count). The quantitative estimate of drug-likeness (QED) is 0.899. The standard InChI is InChI=1S/C19H29N3O2/c1-24-18-9-7-17(8-10-18)22-12-4-11-21(13-14-22)15-19(23)20-16-5-2-3-6-16/h7-10,16H,2-6,11-15H2,1H3,(H,20,23). The van der Waals surface area contributed by atoms with Crippen LogP contribution in [0, 0.1) is 0 Å². The van der Waals surface area contributed by atoms with Gasteiger partial charge >= 0.3 is 0 Å². The van der Waals surface area contributed by atoms with E-state index >= 15 is 0 Å². The number of methoxy groups -OCH3 is 1.